The fourth-order valence-corrected chi connectivity index (χ4v) is 1.74. The first kappa shape index (κ1) is 13.9. The first-order chi connectivity index (χ1) is 9.66. The fraction of sp³-hybridized carbons (Fsp3) is 0.125. The zero-order chi connectivity index (χ0) is 14.4. The van der Waals surface area contributed by atoms with Crippen LogP contribution in [0.1, 0.15) is 24.2 Å². The first-order valence-corrected chi connectivity index (χ1v) is 6.31. The smallest absolute Gasteiger partial charge is 0.244 e. The lowest BCUT2D eigenvalue weighted by atomic mass is 10.2. The number of aromatic nitrogens is 1. The van der Waals surface area contributed by atoms with E-state index in [1.807, 2.05) is 25.1 Å². The molecule has 1 aromatic heterocycles. The Morgan fingerprint density at radius 1 is 1.25 bits per heavy atom. The van der Waals surface area contributed by atoms with Crippen LogP contribution in [0, 0.1) is 5.82 Å². The van der Waals surface area contributed by atoms with Crippen LogP contribution in [0.4, 0.5) is 4.39 Å². The summed E-state index contributed by atoms with van der Waals surface area (Å²) in [6.07, 6.45) is 4.45. The van der Waals surface area contributed by atoms with E-state index in [2.05, 4.69) is 10.3 Å². The van der Waals surface area contributed by atoms with Gasteiger partial charge in [-0.25, -0.2) is 4.39 Å². The molecular formula is C16H15FN2O. The zero-order valence-electron chi connectivity index (χ0n) is 11.1. The summed E-state index contributed by atoms with van der Waals surface area (Å²) < 4.78 is 13.4. The number of halogens is 1. The van der Waals surface area contributed by atoms with Gasteiger partial charge >= 0.3 is 0 Å². The molecule has 4 heteroatoms. The molecule has 0 aliphatic carbocycles. The summed E-state index contributed by atoms with van der Waals surface area (Å²) in [7, 11) is 0. The summed E-state index contributed by atoms with van der Waals surface area (Å²) in [5, 5.41) is 2.78. The van der Waals surface area contributed by atoms with Crippen LogP contribution >= 0.6 is 0 Å². The largest absolute Gasteiger partial charge is 0.344 e. The van der Waals surface area contributed by atoms with Crippen molar-refractivity contribution in [2.45, 2.75) is 13.0 Å². The number of amides is 1. The monoisotopic (exact) mass is 270 g/mol. The summed E-state index contributed by atoms with van der Waals surface area (Å²) in [5.74, 6) is -0.638. The highest BCUT2D eigenvalue weighted by Crippen LogP contribution is 2.10. The first-order valence-electron chi connectivity index (χ1n) is 6.31. The number of hydrogen-bond donors (Lipinski definition) is 1. The maximum Gasteiger partial charge on any atom is 0.244 e. The number of hydrogen-bond acceptors (Lipinski definition) is 2. The van der Waals surface area contributed by atoms with Crippen molar-refractivity contribution in [2.24, 2.45) is 0 Å². The molecule has 0 fully saturated rings. The van der Waals surface area contributed by atoms with Crippen molar-refractivity contribution in [1.29, 1.82) is 0 Å². The Morgan fingerprint density at radius 2 is 2.00 bits per heavy atom. The van der Waals surface area contributed by atoms with Crippen molar-refractivity contribution in [2.75, 3.05) is 0 Å². The number of nitrogens with one attached hydrogen (secondary N) is 1. The number of benzene rings is 1. The molecule has 1 amide bonds. The van der Waals surface area contributed by atoms with Crippen LogP contribution < -0.4 is 5.32 Å². The molecule has 1 heterocycles. The van der Waals surface area contributed by atoms with Crippen LogP contribution in [-0.4, -0.2) is 10.9 Å². The van der Waals surface area contributed by atoms with Gasteiger partial charge in [0.25, 0.3) is 0 Å². The van der Waals surface area contributed by atoms with E-state index in [0.717, 1.165) is 5.69 Å². The number of rotatable bonds is 4. The predicted octanol–water partition coefficient (Wildman–Crippen LogP) is 3.11. The average Bonchev–Trinajstić information content (AvgIpc) is 2.47. The van der Waals surface area contributed by atoms with Crippen molar-refractivity contribution >= 4 is 12.0 Å². The quantitative estimate of drug-likeness (QED) is 0.867. The van der Waals surface area contributed by atoms with Gasteiger partial charge in [-0.3, -0.25) is 9.78 Å². The average molecular weight is 270 g/mol. The molecule has 0 bridgehead atoms. The van der Waals surface area contributed by atoms with Crippen molar-refractivity contribution in [1.82, 2.24) is 10.3 Å². The van der Waals surface area contributed by atoms with Crippen LogP contribution in [-0.2, 0) is 4.79 Å². The highest BCUT2D eigenvalue weighted by atomic mass is 19.1. The van der Waals surface area contributed by atoms with Crippen LogP contribution in [0.15, 0.2) is 54.7 Å². The number of carbonyl (C=O) groups excluding carboxylic acids is 1. The SMILES string of the molecule is CC(NC(=O)/C=C/c1ccccc1F)c1ccccn1. The topological polar surface area (TPSA) is 42.0 Å². The third-order valence-electron chi connectivity index (χ3n) is 2.81. The highest BCUT2D eigenvalue weighted by molar-refractivity contribution is 5.91. The second kappa shape index (κ2) is 6.61. The maximum atomic E-state index is 13.4. The van der Waals surface area contributed by atoms with E-state index in [0.29, 0.717) is 5.56 Å². The molecule has 0 spiro atoms. The Bertz CT molecular complexity index is 611. The van der Waals surface area contributed by atoms with Gasteiger partial charge in [-0.15, -0.1) is 0 Å². The van der Waals surface area contributed by atoms with Gasteiger partial charge in [0.05, 0.1) is 11.7 Å². The standard InChI is InChI=1S/C16H15FN2O/c1-12(15-8-4-5-11-18-15)19-16(20)10-9-13-6-2-3-7-14(13)17/h2-12H,1H3,(H,19,20)/b10-9+. The zero-order valence-corrected chi connectivity index (χ0v) is 11.1. The molecular weight excluding hydrogens is 255 g/mol. The minimum Gasteiger partial charge on any atom is -0.344 e. The normalized spacial score (nSPS) is 12.3. The molecule has 3 nitrogen and oxygen atoms in total. The van der Waals surface area contributed by atoms with Gasteiger partial charge in [0.2, 0.25) is 5.91 Å². The lowest BCUT2D eigenvalue weighted by Gasteiger charge is -2.11. The molecule has 102 valence electrons. The Balaban J connectivity index is 1.98. The lowest BCUT2D eigenvalue weighted by Crippen LogP contribution is -2.25. The van der Waals surface area contributed by atoms with E-state index >= 15 is 0 Å². The Hall–Kier alpha value is -2.49. The van der Waals surface area contributed by atoms with E-state index < -0.39 is 0 Å². The molecule has 0 radical (unpaired) electrons. The van der Waals surface area contributed by atoms with E-state index in [9.17, 15) is 9.18 Å². The second-order valence-electron chi connectivity index (χ2n) is 4.34. The van der Waals surface area contributed by atoms with Crippen LogP contribution in [0.2, 0.25) is 0 Å². The van der Waals surface area contributed by atoms with E-state index in [-0.39, 0.29) is 17.8 Å². The molecule has 0 saturated carbocycles. The van der Waals surface area contributed by atoms with Gasteiger partial charge in [0.15, 0.2) is 0 Å². The Labute approximate surface area is 117 Å². The van der Waals surface area contributed by atoms with Crippen molar-refractivity contribution in [3.8, 4) is 0 Å². The van der Waals surface area contributed by atoms with E-state index in [4.69, 9.17) is 0 Å². The van der Waals surface area contributed by atoms with Gasteiger partial charge in [0.1, 0.15) is 5.82 Å². The second-order valence-corrected chi connectivity index (χ2v) is 4.34. The predicted molar refractivity (Wildman–Crippen MR) is 76.2 cm³/mol. The molecule has 2 rings (SSSR count). The van der Waals surface area contributed by atoms with Gasteiger partial charge in [-0.05, 0) is 31.2 Å². The Kier molecular flexibility index (Phi) is 4.60. The third kappa shape index (κ3) is 3.75. The van der Waals surface area contributed by atoms with Gasteiger partial charge < -0.3 is 5.32 Å². The summed E-state index contributed by atoms with van der Waals surface area (Å²) in [5.41, 5.74) is 1.16. The van der Waals surface area contributed by atoms with Crippen LogP contribution in [0.3, 0.4) is 0 Å². The van der Waals surface area contributed by atoms with Gasteiger partial charge in [-0.1, -0.05) is 24.3 Å². The molecule has 0 saturated heterocycles. The fourth-order valence-electron chi connectivity index (χ4n) is 1.74. The molecule has 1 atom stereocenters. The molecule has 1 N–H and O–H groups in total. The summed E-state index contributed by atoms with van der Waals surface area (Å²) in [6.45, 7) is 1.84. The minimum atomic E-state index is -0.352. The van der Waals surface area contributed by atoms with Crippen LogP contribution in [0.25, 0.3) is 6.08 Å². The van der Waals surface area contributed by atoms with Gasteiger partial charge in [-0.2, -0.15) is 0 Å². The summed E-state index contributed by atoms with van der Waals surface area (Å²) in [4.78, 5) is 15.9. The van der Waals surface area contributed by atoms with Crippen molar-refractivity contribution in [3.63, 3.8) is 0 Å². The van der Waals surface area contributed by atoms with E-state index in [1.54, 1.807) is 24.4 Å². The number of carbonyl (C=O) groups is 1. The van der Waals surface area contributed by atoms with Gasteiger partial charge in [0, 0.05) is 17.8 Å². The molecule has 1 unspecified atom stereocenters. The molecule has 2 aromatic rings. The lowest BCUT2D eigenvalue weighted by molar-refractivity contribution is -0.117. The third-order valence-corrected chi connectivity index (χ3v) is 2.81. The summed E-state index contributed by atoms with van der Waals surface area (Å²) in [6, 6.07) is 11.6. The maximum absolute atomic E-state index is 13.4. The van der Waals surface area contributed by atoms with Crippen molar-refractivity contribution < 1.29 is 9.18 Å². The molecule has 0 aliphatic heterocycles. The molecule has 0 aliphatic rings. The minimum absolute atomic E-state index is 0.200. The Morgan fingerprint density at radius 3 is 2.70 bits per heavy atom. The number of pyridine rings is 1. The molecule has 1 aromatic carbocycles. The number of nitrogens with zero attached hydrogens (tertiary/aromatic N) is 1. The summed E-state index contributed by atoms with van der Waals surface area (Å²) >= 11 is 0. The van der Waals surface area contributed by atoms with Crippen molar-refractivity contribution in [3.05, 3.63) is 71.8 Å². The molecule has 20 heavy (non-hydrogen) atoms. The highest BCUT2D eigenvalue weighted by Gasteiger charge is 2.08. The van der Waals surface area contributed by atoms with Crippen LogP contribution in [0.5, 0.6) is 0 Å². The van der Waals surface area contributed by atoms with E-state index in [1.165, 1.54) is 18.2 Å².